The number of anilines is 1. The molecular formula is C12H10N2O5. The largest absolute Gasteiger partial charge is 0.456 e. The van der Waals surface area contributed by atoms with E-state index in [1.807, 2.05) is 0 Å². The summed E-state index contributed by atoms with van der Waals surface area (Å²) in [4.78, 5) is 11.6. The summed E-state index contributed by atoms with van der Waals surface area (Å²) in [5.74, 6) is 0.784. The molecule has 0 bridgehead atoms. The smallest absolute Gasteiger partial charge is 0.360 e. The minimum absolute atomic E-state index is 0.0400. The van der Waals surface area contributed by atoms with Gasteiger partial charge in [-0.15, -0.1) is 0 Å². The average Bonchev–Trinajstić information content (AvgIpc) is 3.03. The molecule has 1 aromatic carbocycles. The fourth-order valence-electron chi connectivity index (χ4n) is 1.64. The van der Waals surface area contributed by atoms with Gasteiger partial charge in [0.25, 0.3) is 0 Å². The number of nitrogen functional groups attached to an aromatic ring is 1. The van der Waals surface area contributed by atoms with E-state index in [0.29, 0.717) is 11.5 Å². The Bertz CT molecular complexity index is 622. The van der Waals surface area contributed by atoms with Crippen molar-refractivity contribution in [2.75, 3.05) is 12.5 Å². The number of benzene rings is 1. The molecular weight excluding hydrogens is 252 g/mol. The maximum absolute atomic E-state index is 11.6. The monoisotopic (exact) mass is 262 g/mol. The lowest BCUT2D eigenvalue weighted by molar-refractivity contribution is 0.0460. The molecule has 0 unspecified atom stereocenters. The maximum atomic E-state index is 11.6. The summed E-state index contributed by atoms with van der Waals surface area (Å²) >= 11 is 0. The highest BCUT2D eigenvalue weighted by molar-refractivity contribution is 5.87. The summed E-state index contributed by atoms with van der Waals surface area (Å²) in [6.07, 6.45) is 0. The molecule has 0 radical (unpaired) electrons. The second kappa shape index (κ2) is 4.52. The molecule has 3 rings (SSSR count). The Hall–Kier alpha value is -2.70. The predicted molar refractivity (Wildman–Crippen MR) is 62.6 cm³/mol. The zero-order valence-corrected chi connectivity index (χ0v) is 9.79. The molecule has 0 saturated carbocycles. The Balaban J connectivity index is 1.64. The number of rotatable bonds is 3. The summed E-state index contributed by atoms with van der Waals surface area (Å²) in [6.45, 7) is 0.305. The number of hydrogen-bond donors (Lipinski definition) is 1. The summed E-state index contributed by atoms with van der Waals surface area (Å²) in [7, 11) is 0. The minimum Gasteiger partial charge on any atom is -0.456 e. The first-order valence-electron chi connectivity index (χ1n) is 5.50. The second-order valence-electron chi connectivity index (χ2n) is 3.88. The van der Waals surface area contributed by atoms with E-state index in [9.17, 15) is 4.79 Å². The van der Waals surface area contributed by atoms with Crippen LogP contribution in [0.1, 0.15) is 16.1 Å². The maximum Gasteiger partial charge on any atom is 0.360 e. The Morgan fingerprint density at radius 1 is 1.32 bits per heavy atom. The van der Waals surface area contributed by atoms with E-state index < -0.39 is 5.97 Å². The van der Waals surface area contributed by atoms with Gasteiger partial charge in [-0.3, -0.25) is 0 Å². The number of esters is 1. The molecule has 0 amide bonds. The van der Waals surface area contributed by atoms with Gasteiger partial charge in [0, 0.05) is 6.07 Å². The van der Waals surface area contributed by atoms with Crippen molar-refractivity contribution in [1.82, 2.24) is 5.16 Å². The van der Waals surface area contributed by atoms with Gasteiger partial charge in [-0.05, 0) is 17.7 Å². The van der Waals surface area contributed by atoms with Gasteiger partial charge in [-0.2, -0.15) is 0 Å². The molecule has 0 saturated heterocycles. The molecule has 1 aromatic heterocycles. The standard InChI is InChI=1S/C12H10N2O5/c13-11-4-8(14-19-11)12(15)16-5-7-1-2-9-10(3-7)18-6-17-9/h1-4H,5-6,13H2. The number of nitrogens with two attached hydrogens (primary N) is 1. The first-order valence-corrected chi connectivity index (χ1v) is 5.50. The normalized spacial score (nSPS) is 12.4. The second-order valence-corrected chi connectivity index (χ2v) is 3.88. The van der Waals surface area contributed by atoms with Crippen molar-refractivity contribution >= 4 is 11.9 Å². The van der Waals surface area contributed by atoms with E-state index in [-0.39, 0.29) is 25.0 Å². The van der Waals surface area contributed by atoms with E-state index >= 15 is 0 Å². The molecule has 7 heteroatoms. The quantitative estimate of drug-likeness (QED) is 0.833. The van der Waals surface area contributed by atoms with Crippen LogP contribution in [0.5, 0.6) is 11.5 Å². The Labute approximate surface area is 107 Å². The number of fused-ring (bicyclic) bond motifs is 1. The molecule has 0 aliphatic carbocycles. The van der Waals surface area contributed by atoms with Gasteiger partial charge in [0.05, 0.1) is 0 Å². The van der Waals surface area contributed by atoms with E-state index in [2.05, 4.69) is 9.68 Å². The van der Waals surface area contributed by atoms with Gasteiger partial charge in [-0.1, -0.05) is 11.2 Å². The third-order valence-corrected chi connectivity index (χ3v) is 2.54. The molecule has 2 N–H and O–H groups in total. The van der Waals surface area contributed by atoms with Gasteiger partial charge in [0.15, 0.2) is 17.2 Å². The van der Waals surface area contributed by atoms with Crippen molar-refractivity contribution in [2.45, 2.75) is 6.61 Å². The highest BCUT2D eigenvalue weighted by Crippen LogP contribution is 2.32. The first kappa shape index (κ1) is 11.4. The van der Waals surface area contributed by atoms with Gasteiger partial charge in [0.1, 0.15) is 6.61 Å². The molecule has 98 valence electrons. The van der Waals surface area contributed by atoms with Gasteiger partial charge < -0.3 is 24.5 Å². The molecule has 2 heterocycles. The number of carbonyl (C=O) groups excluding carboxylic acids is 1. The highest BCUT2D eigenvalue weighted by atomic mass is 16.7. The number of aromatic nitrogens is 1. The SMILES string of the molecule is Nc1cc(C(=O)OCc2ccc3c(c2)OCO3)no1. The van der Waals surface area contributed by atoms with Crippen molar-refractivity contribution in [3.8, 4) is 11.5 Å². The molecule has 2 aromatic rings. The highest BCUT2D eigenvalue weighted by Gasteiger charge is 2.15. The van der Waals surface area contributed by atoms with Crippen LogP contribution in [0.3, 0.4) is 0 Å². The number of hydrogen-bond acceptors (Lipinski definition) is 7. The predicted octanol–water partition coefficient (Wildman–Crippen LogP) is 1.34. The van der Waals surface area contributed by atoms with Crippen molar-refractivity contribution in [2.24, 2.45) is 0 Å². The van der Waals surface area contributed by atoms with Crippen molar-refractivity contribution < 1.29 is 23.5 Å². The van der Waals surface area contributed by atoms with Crippen LogP contribution in [0, 0.1) is 0 Å². The molecule has 1 aliphatic heterocycles. The Kier molecular flexibility index (Phi) is 2.71. The summed E-state index contributed by atoms with van der Waals surface area (Å²) in [5, 5.41) is 3.47. The lowest BCUT2D eigenvalue weighted by Gasteiger charge is -2.03. The van der Waals surface area contributed by atoms with Crippen LogP contribution in [-0.4, -0.2) is 17.9 Å². The number of nitrogens with zero attached hydrogens (tertiary/aromatic N) is 1. The summed E-state index contributed by atoms with van der Waals surface area (Å²) < 4.78 is 20.1. The number of ether oxygens (including phenoxy) is 3. The minimum atomic E-state index is -0.599. The zero-order valence-electron chi connectivity index (χ0n) is 9.79. The zero-order chi connectivity index (χ0) is 13.2. The van der Waals surface area contributed by atoms with Crippen molar-refractivity contribution in [1.29, 1.82) is 0 Å². The van der Waals surface area contributed by atoms with Crippen LogP contribution < -0.4 is 15.2 Å². The fourth-order valence-corrected chi connectivity index (χ4v) is 1.64. The van der Waals surface area contributed by atoms with E-state index in [1.165, 1.54) is 6.07 Å². The molecule has 19 heavy (non-hydrogen) atoms. The third kappa shape index (κ3) is 2.30. The lowest BCUT2D eigenvalue weighted by Crippen LogP contribution is -2.05. The van der Waals surface area contributed by atoms with E-state index in [4.69, 9.17) is 19.9 Å². The molecule has 1 aliphatic rings. The molecule has 0 spiro atoms. The lowest BCUT2D eigenvalue weighted by atomic mass is 10.2. The molecule has 7 nitrogen and oxygen atoms in total. The van der Waals surface area contributed by atoms with Gasteiger partial charge in [0.2, 0.25) is 12.7 Å². The van der Waals surface area contributed by atoms with Crippen LogP contribution in [0.2, 0.25) is 0 Å². The molecule has 0 atom stereocenters. The van der Waals surface area contributed by atoms with Crippen LogP contribution in [0.15, 0.2) is 28.8 Å². The fraction of sp³-hybridized carbons (Fsp3) is 0.167. The average molecular weight is 262 g/mol. The van der Waals surface area contributed by atoms with Crippen LogP contribution >= 0.6 is 0 Å². The number of carbonyl (C=O) groups is 1. The Morgan fingerprint density at radius 2 is 2.16 bits per heavy atom. The van der Waals surface area contributed by atoms with Crippen molar-refractivity contribution in [3.05, 3.63) is 35.5 Å². The van der Waals surface area contributed by atoms with Gasteiger partial charge >= 0.3 is 5.97 Å². The third-order valence-electron chi connectivity index (χ3n) is 2.54. The first-order chi connectivity index (χ1) is 9.22. The van der Waals surface area contributed by atoms with Crippen LogP contribution in [0.4, 0.5) is 5.88 Å². The summed E-state index contributed by atoms with van der Waals surface area (Å²) in [5.41, 5.74) is 6.14. The van der Waals surface area contributed by atoms with Crippen LogP contribution in [-0.2, 0) is 11.3 Å². The summed E-state index contributed by atoms with van der Waals surface area (Å²) in [6, 6.07) is 6.62. The van der Waals surface area contributed by atoms with Crippen LogP contribution in [0.25, 0.3) is 0 Å². The Morgan fingerprint density at radius 3 is 2.95 bits per heavy atom. The van der Waals surface area contributed by atoms with Gasteiger partial charge in [-0.25, -0.2) is 4.79 Å². The van der Waals surface area contributed by atoms with E-state index in [1.54, 1.807) is 18.2 Å². The van der Waals surface area contributed by atoms with Crippen molar-refractivity contribution in [3.63, 3.8) is 0 Å². The molecule has 0 fully saturated rings. The topological polar surface area (TPSA) is 96.8 Å². The van der Waals surface area contributed by atoms with E-state index in [0.717, 1.165) is 5.56 Å².